The number of anilines is 1. The van der Waals surface area contributed by atoms with Gasteiger partial charge in [0.15, 0.2) is 5.96 Å². The van der Waals surface area contributed by atoms with E-state index in [1.165, 1.54) is 5.56 Å². The highest BCUT2D eigenvalue weighted by molar-refractivity contribution is 14.0. The van der Waals surface area contributed by atoms with Crippen LogP contribution in [-0.4, -0.2) is 44.1 Å². The van der Waals surface area contributed by atoms with Crippen LogP contribution in [0.2, 0.25) is 0 Å². The molecule has 0 bridgehead atoms. The third-order valence-electron chi connectivity index (χ3n) is 4.23. The molecule has 0 saturated heterocycles. The predicted molar refractivity (Wildman–Crippen MR) is 128 cm³/mol. The van der Waals surface area contributed by atoms with Gasteiger partial charge in [-0.3, -0.25) is 9.79 Å². The lowest BCUT2D eigenvalue weighted by atomic mass is 10.1. The monoisotopic (exact) mass is 511 g/mol. The average Bonchev–Trinajstić information content (AvgIpc) is 2.69. The third-order valence-corrected chi connectivity index (χ3v) is 4.23. The summed E-state index contributed by atoms with van der Waals surface area (Å²) in [4.78, 5) is 20.3. The number of hydrogen-bond donors (Lipinski definition) is 3. The van der Waals surface area contributed by atoms with Crippen molar-refractivity contribution in [2.45, 2.75) is 26.7 Å². The van der Waals surface area contributed by atoms with Gasteiger partial charge >= 0.3 is 0 Å². The van der Waals surface area contributed by atoms with Crippen LogP contribution in [0.4, 0.5) is 5.82 Å². The van der Waals surface area contributed by atoms with E-state index in [1.807, 2.05) is 19.9 Å². The van der Waals surface area contributed by atoms with E-state index in [9.17, 15) is 4.79 Å². The molecule has 0 saturated carbocycles. The number of nitrogens with one attached hydrogen (secondary N) is 3. The number of halogens is 1. The summed E-state index contributed by atoms with van der Waals surface area (Å²) in [5, 5.41) is 9.18. The number of carbonyl (C=O) groups excluding carboxylic acids is 1. The molecule has 0 atom stereocenters. The highest BCUT2D eigenvalue weighted by atomic mass is 127. The van der Waals surface area contributed by atoms with Crippen molar-refractivity contribution in [3.05, 3.63) is 53.2 Å². The fourth-order valence-electron chi connectivity index (χ4n) is 2.61. The Morgan fingerprint density at radius 2 is 1.90 bits per heavy atom. The largest absolute Gasteiger partial charge is 0.496 e. The first-order chi connectivity index (χ1) is 13.5. The van der Waals surface area contributed by atoms with Crippen molar-refractivity contribution in [3.8, 4) is 5.75 Å². The molecule has 0 radical (unpaired) electrons. The molecule has 0 aliphatic rings. The minimum absolute atomic E-state index is 0. The number of ether oxygens (including phenoxy) is 1. The van der Waals surface area contributed by atoms with Gasteiger partial charge in [0.05, 0.1) is 7.11 Å². The van der Waals surface area contributed by atoms with E-state index in [-0.39, 0.29) is 29.9 Å². The molecule has 0 aliphatic carbocycles. The second-order valence-electron chi connectivity index (χ2n) is 6.50. The van der Waals surface area contributed by atoms with E-state index < -0.39 is 0 Å². The smallest absolute Gasteiger partial charge is 0.227 e. The Labute approximate surface area is 189 Å². The number of nitrogens with zero attached hydrogens (tertiary/aromatic N) is 2. The number of amides is 1. The lowest BCUT2D eigenvalue weighted by molar-refractivity contribution is -0.116. The zero-order chi connectivity index (χ0) is 20.4. The van der Waals surface area contributed by atoms with Crippen LogP contribution in [0, 0.1) is 13.8 Å². The maximum atomic E-state index is 12.0. The Morgan fingerprint density at radius 1 is 1.14 bits per heavy atom. The van der Waals surface area contributed by atoms with E-state index in [0.717, 1.165) is 29.8 Å². The van der Waals surface area contributed by atoms with Crippen molar-refractivity contribution >= 4 is 41.7 Å². The molecule has 7 nitrogen and oxygen atoms in total. The fraction of sp³-hybridized carbons (Fsp3) is 0.381. The number of rotatable bonds is 8. The number of aromatic nitrogens is 1. The summed E-state index contributed by atoms with van der Waals surface area (Å²) >= 11 is 0. The quantitative estimate of drug-likeness (QED) is 0.288. The van der Waals surface area contributed by atoms with Crippen LogP contribution in [0.3, 0.4) is 0 Å². The Bertz CT molecular complexity index is 809. The maximum Gasteiger partial charge on any atom is 0.227 e. The van der Waals surface area contributed by atoms with Crippen molar-refractivity contribution in [1.82, 2.24) is 15.6 Å². The van der Waals surface area contributed by atoms with Crippen molar-refractivity contribution in [2.75, 3.05) is 32.6 Å². The number of pyridine rings is 1. The molecule has 8 heteroatoms. The Morgan fingerprint density at radius 3 is 2.55 bits per heavy atom. The number of guanidine groups is 1. The lowest BCUT2D eigenvalue weighted by Gasteiger charge is -2.12. The third kappa shape index (κ3) is 8.68. The highest BCUT2D eigenvalue weighted by Gasteiger charge is 2.05. The van der Waals surface area contributed by atoms with Gasteiger partial charge in [-0.15, -0.1) is 24.0 Å². The Kier molecular flexibility index (Phi) is 11.0. The number of aryl methyl sites for hydroxylation is 2. The minimum Gasteiger partial charge on any atom is -0.496 e. The molecule has 158 valence electrons. The number of hydrogen-bond acceptors (Lipinski definition) is 4. The zero-order valence-electron chi connectivity index (χ0n) is 17.4. The molecule has 0 fully saturated rings. The first-order valence-corrected chi connectivity index (χ1v) is 9.32. The summed E-state index contributed by atoms with van der Waals surface area (Å²) < 4.78 is 5.36. The Balaban J connectivity index is 0.00000420. The summed E-state index contributed by atoms with van der Waals surface area (Å²) in [7, 11) is 3.39. The normalized spacial score (nSPS) is 10.7. The summed E-state index contributed by atoms with van der Waals surface area (Å²) in [6.45, 7) is 5.19. The summed E-state index contributed by atoms with van der Waals surface area (Å²) in [6.07, 6.45) is 2.89. The van der Waals surface area contributed by atoms with E-state index in [2.05, 4.69) is 44.1 Å². The number of aliphatic imine (C=N–C) groups is 1. The Hall–Kier alpha value is -2.36. The number of carbonyl (C=O) groups is 1. The molecule has 1 amide bonds. The lowest BCUT2D eigenvalue weighted by Crippen LogP contribution is -2.39. The SMILES string of the molecule is CN=C(NCCC(=O)Nc1ccc(C)cn1)NCCc1ccc(C)c(OC)c1.I. The maximum absolute atomic E-state index is 12.0. The molecule has 1 aromatic carbocycles. The van der Waals surface area contributed by atoms with E-state index >= 15 is 0 Å². The van der Waals surface area contributed by atoms with Crippen molar-refractivity contribution < 1.29 is 9.53 Å². The standard InChI is InChI=1S/C21H29N5O2.HI/c1-15-5-8-19(25-14-15)26-20(27)10-12-24-21(22-3)23-11-9-17-7-6-16(2)18(13-17)28-4;/h5-8,13-14H,9-12H2,1-4H3,(H2,22,23,24)(H,25,26,27);1H. The van der Waals surface area contributed by atoms with Crippen LogP contribution in [0.5, 0.6) is 5.75 Å². The van der Waals surface area contributed by atoms with E-state index in [0.29, 0.717) is 24.7 Å². The highest BCUT2D eigenvalue weighted by Crippen LogP contribution is 2.18. The molecular formula is C21H30IN5O2. The van der Waals surface area contributed by atoms with Gasteiger partial charge in [-0.05, 0) is 49.1 Å². The topological polar surface area (TPSA) is 87.6 Å². The summed E-state index contributed by atoms with van der Waals surface area (Å²) in [5.41, 5.74) is 3.37. The molecule has 3 N–H and O–H groups in total. The molecule has 0 spiro atoms. The van der Waals surface area contributed by atoms with Crippen LogP contribution >= 0.6 is 24.0 Å². The van der Waals surface area contributed by atoms with Gasteiger partial charge in [0.2, 0.25) is 5.91 Å². The molecular weight excluding hydrogens is 481 g/mol. The van der Waals surface area contributed by atoms with Crippen LogP contribution in [-0.2, 0) is 11.2 Å². The van der Waals surface area contributed by atoms with Gasteiger partial charge in [0, 0.05) is 32.8 Å². The van der Waals surface area contributed by atoms with Gasteiger partial charge in [-0.1, -0.05) is 18.2 Å². The number of benzene rings is 1. The van der Waals surface area contributed by atoms with Crippen molar-refractivity contribution in [1.29, 1.82) is 0 Å². The molecule has 1 aromatic heterocycles. The molecule has 2 rings (SSSR count). The van der Waals surface area contributed by atoms with Crippen molar-refractivity contribution in [3.63, 3.8) is 0 Å². The molecule has 2 aromatic rings. The van der Waals surface area contributed by atoms with Crippen LogP contribution in [0.25, 0.3) is 0 Å². The van der Waals surface area contributed by atoms with Gasteiger partial charge in [0.1, 0.15) is 11.6 Å². The second kappa shape index (κ2) is 13.0. The minimum atomic E-state index is -0.0916. The first kappa shape index (κ1) is 24.7. The van der Waals surface area contributed by atoms with Crippen LogP contribution < -0.4 is 20.7 Å². The summed E-state index contributed by atoms with van der Waals surface area (Å²) in [5.74, 6) is 2.03. The fourth-order valence-corrected chi connectivity index (χ4v) is 2.61. The predicted octanol–water partition coefficient (Wildman–Crippen LogP) is 3.06. The molecule has 1 heterocycles. The van der Waals surface area contributed by atoms with Gasteiger partial charge < -0.3 is 20.7 Å². The van der Waals surface area contributed by atoms with Gasteiger partial charge in [0.25, 0.3) is 0 Å². The van der Waals surface area contributed by atoms with Crippen molar-refractivity contribution in [2.24, 2.45) is 4.99 Å². The average molecular weight is 511 g/mol. The first-order valence-electron chi connectivity index (χ1n) is 9.32. The van der Waals surface area contributed by atoms with E-state index in [1.54, 1.807) is 26.4 Å². The van der Waals surface area contributed by atoms with E-state index in [4.69, 9.17) is 4.74 Å². The number of methoxy groups -OCH3 is 1. The van der Waals surface area contributed by atoms with Gasteiger partial charge in [-0.25, -0.2) is 4.98 Å². The zero-order valence-corrected chi connectivity index (χ0v) is 19.7. The van der Waals surface area contributed by atoms with Crippen LogP contribution in [0.1, 0.15) is 23.1 Å². The second-order valence-corrected chi connectivity index (χ2v) is 6.50. The van der Waals surface area contributed by atoms with Gasteiger partial charge in [-0.2, -0.15) is 0 Å². The van der Waals surface area contributed by atoms with Crippen LogP contribution in [0.15, 0.2) is 41.5 Å². The molecule has 0 aliphatic heterocycles. The molecule has 29 heavy (non-hydrogen) atoms. The summed E-state index contributed by atoms with van der Waals surface area (Å²) in [6, 6.07) is 9.91. The molecule has 0 unspecified atom stereocenters.